The van der Waals surface area contributed by atoms with E-state index in [0.717, 1.165) is 0 Å². The fourth-order valence-electron chi connectivity index (χ4n) is 3.34. The molecule has 3 aromatic carbocycles. The summed E-state index contributed by atoms with van der Waals surface area (Å²) in [5, 5.41) is 6.69. The van der Waals surface area contributed by atoms with E-state index in [1.54, 1.807) is 0 Å². The second-order valence-corrected chi connectivity index (χ2v) is 5.11. The highest BCUT2D eigenvalue weighted by atomic mass is 14.9. The second-order valence-electron chi connectivity index (χ2n) is 5.11. The molecule has 5 rings (SSSR count). The summed E-state index contributed by atoms with van der Waals surface area (Å²) in [7, 11) is 0. The van der Waals surface area contributed by atoms with Crippen molar-refractivity contribution in [2.24, 2.45) is 0 Å². The van der Waals surface area contributed by atoms with E-state index in [-0.39, 0.29) is 0 Å². The summed E-state index contributed by atoms with van der Waals surface area (Å²) in [6, 6.07) is 21.9. The van der Waals surface area contributed by atoms with Gasteiger partial charge in [0.15, 0.2) is 0 Å². The Morgan fingerprint density at radius 2 is 1.20 bits per heavy atom. The zero-order chi connectivity index (χ0) is 18.4. The average Bonchev–Trinajstić information content (AvgIpc) is 3.17. The maximum atomic E-state index is 2.32. The summed E-state index contributed by atoms with van der Waals surface area (Å²) in [6.07, 6.45) is 2.18. The van der Waals surface area contributed by atoms with Crippen LogP contribution in [0.15, 0.2) is 66.9 Å². The molecule has 0 unspecified atom stereocenters. The Morgan fingerprint density at radius 1 is 0.560 bits per heavy atom. The first-order chi connectivity index (χ1) is 12.4. The third kappa shape index (κ3) is 2.95. The molecule has 2 aromatic heterocycles. The van der Waals surface area contributed by atoms with Crippen LogP contribution in [0.1, 0.15) is 41.5 Å². The van der Waals surface area contributed by atoms with Crippen LogP contribution < -0.4 is 0 Å². The number of benzene rings is 3. The molecule has 130 valence electrons. The number of para-hydroxylation sites is 1. The maximum absolute atomic E-state index is 2.32. The van der Waals surface area contributed by atoms with Gasteiger partial charge in [-0.05, 0) is 22.9 Å². The second kappa shape index (κ2) is 8.53. The van der Waals surface area contributed by atoms with E-state index >= 15 is 0 Å². The molecule has 25 heavy (non-hydrogen) atoms. The van der Waals surface area contributed by atoms with E-state index in [9.17, 15) is 0 Å². The fourth-order valence-corrected chi connectivity index (χ4v) is 3.34. The fraction of sp³-hybridized carbons (Fsp3) is 0.250. The van der Waals surface area contributed by atoms with E-state index in [0.29, 0.717) is 0 Å². The van der Waals surface area contributed by atoms with Crippen molar-refractivity contribution >= 4 is 38.0 Å². The van der Waals surface area contributed by atoms with E-state index < -0.39 is 0 Å². The molecule has 0 atom stereocenters. The minimum Gasteiger partial charge on any atom is -0.315 e. The highest BCUT2D eigenvalue weighted by molar-refractivity contribution is 6.23. The van der Waals surface area contributed by atoms with Crippen molar-refractivity contribution in [1.82, 2.24) is 4.40 Å². The van der Waals surface area contributed by atoms with Crippen LogP contribution in [-0.2, 0) is 0 Å². The standard InChI is InChI=1S/C18H11N.3C2H6/c1-2-7-16-14(5-1)15-6-3-4-12-8-9-13-10-11-19(16)18(13)17(12)15;3*1-2/h1-11H;3*1-2H3. The van der Waals surface area contributed by atoms with E-state index in [1.807, 2.05) is 41.5 Å². The van der Waals surface area contributed by atoms with Crippen molar-refractivity contribution in [1.29, 1.82) is 0 Å². The van der Waals surface area contributed by atoms with Gasteiger partial charge in [0, 0.05) is 22.4 Å². The molecule has 0 spiro atoms. The number of fused-ring (bicyclic) bond motifs is 3. The zero-order valence-corrected chi connectivity index (χ0v) is 16.3. The molecule has 0 aliphatic rings. The molecular weight excluding hydrogens is 302 g/mol. The molecule has 1 heteroatoms. The summed E-state index contributed by atoms with van der Waals surface area (Å²) < 4.78 is 2.32. The molecule has 0 radical (unpaired) electrons. The van der Waals surface area contributed by atoms with Crippen LogP contribution in [0.3, 0.4) is 0 Å². The van der Waals surface area contributed by atoms with Crippen molar-refractivity contribution in [3.8, 4) is 0 Å². The normalized spacial score (nSPS) is 10.0. The monoisotopic (exact) mass is 331 g/mol. The molecule has 0 aliphatic heterocycles. The average molecular weight is 332 g/mol. The SMILES string of the molecule is CC.CC.CC.c1cc2ccc3ccn4c5ccccc5c(c1)c2c34. The molecule has 5 aromatic rings. The first-order valence-electron chi connectivity index (χ1n) is 9.56. The van der Waals surface area contributed by atoms with Crippen molar-refractivity contribution in [3.63, 3.8) is 0 Å². The van der Waals surface area contributed by atoms with Crippen molar-refractivity contribution in [2.75, 3.05) is 0 Å². The predicted octanol–water partition coefficient (Wildman–Crippen LogP) is 7.92. The summed E-state index contributed by atoms with van der Waals surface area (Å²) in [4.78, 5) is 0. The molecule has 0 fully saturated rings. The lowest BCUT2D eigenvalue weighted by Crippen LogP contribution is -1.90. The molecule has 2 heterocycles. The van der Waals surface area contributed by atoms with Crippen molar-refractivity contribution < 1.29 is 0 Å². The molecule has 0 bridgehead atoms. The van der Waals surface area contributed by atoms with E-state index in [4.69, 9.17) is 0 Å². The van der Waals surface area contributed by atoms with Gasteiger partial charge in [-0.15, -0.1) is 0 Å². The van der Waals surface area contributed by atoms with Gasteiger partial charge in [-0.25, -0.2) is 0 Å². The minimum atomic E-state index is 1.28. The zero-order valence-electron chi connectivity index (χ0n) is 16.3. The highest BCUT2D eigenvalue weighted by Gasteiger charge is 2.12. The van der Waals surface area contributed by atoms with Crippen LogP contribution in [0, 0.1) is 0 Å². The first kappa shape index (κ1) is 18.8. The van der Waals surface area contributed by atoms with Crippen LogP contribution in [0.4, 0.5) is 0 Å². The van der Waals surface area contributed by atoms with Crippen molar-refractivity contribution in [2.45, 2.75) is 41.5 Å². The molecule has 0 N–H and O–H groups in total. The summed E-state index contributed by atoms with van der Waals surface area (Å²) in [5.74, 6) is 0. The molecule has 0 amide bonds. The summed E-state index contributed by atoms with van der Waals surface area (Å²) in [6.45, 7) is 12.0. The van der Waals surface area contributed by atoms with Crippen molar-refractivity contribution in [3.05, 3.63) is 66.9 Å². The number of pyridine rings is 1. The van der Waals surface area contributed by atoms with Gasteiger partial charge in [0.2, 0.25) is 0 Å². The molecule has 0 saturated carbocycles. The number of nitrogens with zero attached hydrogens (tertiary/aromatic N) is 1. The lowest BCUT2D eigenvalue weighted by Gasteiger charge is -2.11. The molecule has 0 saturated heterocycles. The van der Waals surface area contributed by atoms with E-state index in [2.05, 4.69) is 71.3 Å². The smallest absolute Gasteiger partial charge is 0.0613 e. The first-order valence-corrected chi connectivity index (χ1v) is 9.56. The largest absolute Gasteiger partial charge is 0.315 e. The Bertz CT molecular complexity index is 1050. The van der Waals surface area contributed by atoms with Crippen LogP contribution >= 0.6 is 0 Å². The summed E-state index contributed by atoms with van der Waals surface area (Å²) >= 11 is 0. The van der Waals surface area contributed by atoms with Crippen LogP contribution in [-0.4, -0.2) is 4.40 Å². The Hall–Kier alpha value is -2.54. The highest BCUT2D eigenvalue weighted by Crippen LogP contribution is 2.36. The van der Waals surface area contributed by atoms with Gasteiger partial charge in [0.25, 0.3) is 0 Å². The lowest BCUT2D eigenvalue weighted by atomic mass is 9.99. The summed E-state index contributed by atoms with van der Waals surface area (Å²) in [5.41, 5.74) is 2.62. The number of hydrogen-bond donors (Lipinski definition) is 0. The van der Waals surface area contributed by atoms with Gasteiger partial charge in [-0.3, -0.25) is 0 Å². The van der Waals surface area contributed by atoms with Gasteiger partial charge >= 0.3 is 0 Å². The topological polar surface area (TPSA) is 4.41 Å². The number of hydrogen-bond acceptors (Lipinski definition) is 0. The van der Waals surface area contributed by atoms with Crippen LogP contribution in [0.2, 0.25) is 0 Å². The van der Waals surface area contributed by atoms with Crippen LogP contribution in [0.5, 0.6) is 0 Å². The number of rotatable bonds is 0. The molecular formula is C24H29N. The quantitative estimate of drug-likeness (QED) is 0.200. The third-order valence-corrected chi connectivity index (χ3v) is 4.15. The third-order valence-electron chi connectivity index (χ3n) is 4.15. The molecule has 1 nitrogen and oxygen atoms in total. The van der Waals surface area contributed by atoms with Gasteiger partial charge in [-0.1, -0.05) is 90.1 Å². The Balaban J connectivity index is 0.000000344. The Labute approximate surface area is 151 Å². The predicted molar refractivity (Wildman–Crippen MR) is 115 cm³/mol. The van der Waals surface area contributed by atoms with Gasteiger partial charge in [-0.2, -0.15) is 0 Å². The van der Waals surface area contributed by atoms with E-state index in [1.165, 1.54) is 38.0 Å². The van der Waals surface area contributed by atoms with Gasteiger partial charge < -0.3 is 4.40 Å². The maximum Gasteiger partial charge on any atom is 0.0613 e. The molecule has 0 aliphatic carbocycles. The Morgan fingerprint density at radius 3 is 1.96 bits per heavy atom. The number of aromatic nitrogens is 1. The van der Waals surface area contributed by atoms with Gasteiger partial charge in [0.05, 0.1) is 11.0 Å². The van der Waals surface area contributed by atoms with Gasteiger partial charge in [0.1, 0.15) is 0 Å². The minimum absolute atomic E-state index is 1.28. The lowest BCUT2D eigenvalue weighted by molar-refractivity contribution is 1.29. The Kier molecular flexibility index (Phi) is 6.41. The van der Waals surface area contributed by atoms with Crippen LogP contribution in [0.25, 0.3) is 38.0 Å².